The van der Waals surface area contributed by atoms with E-state index in [4.69, 9.17) is 14.6 Å². The minimum atomic E-state index is -0.903. The molecule has 1 aromatic rings. The lowest BCUT2D eigenvalue weighted by atomic mass is 10.1. The number of carbonyl (C=O) groups is 1. The van der Waals surface area contributed by atoms with Gasteiger partial charge in [0.25, 0.3) is 0 Å². The zero-order valence-electron chi connectivity index (χ0n) is 10.3. The molecular weight excluding hydrogens is 234 g/mol. The molecule has 1 heterocycles. The van der Waals surface area contributed by atoms with Crippen molar-refractivity contribution in [2.24, 2.45) is 0 Å². The fourth-order valence-electron chi connectivity index (χ4n) is 2.07. The van der Waals surface area contributed by atoms with Crippen LogP contribution in [-0.2, 0) is 16.1 Å². The largest absolute Gasteiger partial charge is 0.496 e. The summed E-state index contributed by atoms with van der Waals surface area (Å²) in [5.41, 5.74) is 1.06. The van der Waals surface area contributed by atoms with Gasteiger partial charge in [0.2, 0.25) is 0 Å². The molecule has 1 unspecified atom stereocenters. The molecule has 0 saturated carbocycles. The summed E-state index contributed by atoms with van der Waals surface area (Å²) in [5, 5.41) is 8.95. The number of carboxylic acid groups (broad SMARTS) is 1. The third-order valence-electron chi connectivity index (χ3n) is 3.01. The van der Waals surface area contributed by atoms with Crippen molar-refractivity contribution < 1.29 is 19.4 Å². The second-order valence-corrected chi connectivity index (χ2v) is 4.24. The lowest BCUT2D eigenvalue weighted by Gasteiger charge is -2.31. The number of nitrogens with zero attached hydrogens (tertiary/aromatic N) is 1. The molecule has 5 nitrogen and oxygen atoms in total. The third kappa shape index (κ3) is 3.00. The molecule has 1 atom stereocenters. The molecule has 0 amide bonds. The van der Waals surface area contributed by atoms with Crippen LogP contribution >= 0.6 is 0 Å². The lowest BCUT2D eigenvalue weighted by Crippen LogP contribution is -2.45. The summed E-state index contributed by atoms with van der Waals surface area (Å²) in [6, 6.07) is 7.77. The number of carboxylic acids is 1. The van der Waals surface area contributed by atoms with Crippen molar-refractivity contribution in [2.75, 3.05) is 26.8 Å². The Morgan fingerprint density at radius 3 is 3.06 bits per heavy atom. The van der Waals surface area contributed by atoms with Crippen molar-refractivity contribution in [1.82, 2.24) is 4.90 Å². The van der Waals surface area contributed by atoms with Gasteiger partial charge in [-0.3, -0.25) is 4.90 Å². The van der Waals surface area contributed by atoms with E-state index in [0.717, 1.165) is 17.9 Å². The zero-order valence-corrected chi connectivity index (χ0v) is 10.3. The van der Waals surface area contributed by atoms with Gasteiger partial charge < -0.3 is 14.6 Å². The van der Waals surface area contributed by atoms with Crippen molar-refractivity contribution in [3.8, 4) is 5.75 Å². The van der Waals surface area contributed by atoms with Gasteiger partial charge in [0.05, 0.1) is 13.7 Å². The van der Waals surface area contributed by atoms with Gasteiger partial charge in [-0.1, -0.05) is 18.2 Å². The third-order valence-corrected chi connectivity index (χ3v) is 3.01. The summed E-state index contributed by atoms with van der Waals surface area (Å²) in [7, 11) is 1.64. The van der Waals surface area contributed by atoms with E-state index in [1.807, 2.05) is 24.3 Å². The second kappa shape index (κ2) is 5.84. The normalized spacial score (nSPS) is 20.6. The highest BCUT2D eigenvalue weighted by Gasteiger charge is 2.26. The molecule has 1 saturated heterocycles. The van der Waals surface area contributed by atoms with Gasteiger partial charge in [-0.2, -0.15) is 0 Å². The van der Waals surface area contributed by atoms with Gasteiger partial charge >= 0.3 is 5.97 Å². The van der Waals surface area contributed by atoms with Crippen LogP contribution in [0.1, 0.15) is 5.56 Å². The van der Waals surface area contributed by atoms with Crippen LogP contribution in [0.5, 0.6) is 5.75 Å². The Morgan fingerprint density at radius 2 is 2.33 bits per heavy atom. The maximum absolute atomic E-state index is 10.9. The maximum Gasteiger partial charge on any atom is 0.334 e. The first kappa shape index (κ1) is 12.9. The minimum Gasteiger partial charge on any atom is -0.496 e. The van der Waals surface area contributed by atoms with E-state index >= 15 is 0 Å². The van der Waals surface area contributed by atoms with E-state index in [1.165, 1.54) is 0 Å². The van der Waals surface area contributed by atoms with Crippen LogP contribution in [0.15, 0.2) is 24.3 Å². The van der Waals surface area contributed by atoms with E-state index in [2.05, 4.69) is 4.90 Å². The van der Waals surface area contributed by atoms with E-state index in [9.17, 15) is 4.79 Å². The predicted octanol–water partition coefficient (Wildman–Crippen LogP) is 0.981. The first-order valence-corrected chi connectivity index (χ1v) is 5.89. The van der Waals surface area contributed by atoms with Crippen molar-refractivity contribution in [2.45, 2.75) is 12.6 Å². The summed E-state index contributed by atoms with van der Waals surface area (Å²) >= 11 is 0. The zero-order chi connectivity index (χ0) is 13.0. The molecule has 1 aliphatic heterocycles. The summed E-state index contributed by atoms with van der Waals surface area (Å²) < 4.78 is 10.5. The number of hydrogen-bond donors (Lipinski definition) is 1. The first-order valence-electron chi connectivity index (χ1n) is 5.89. The van der Waals surface area contributed by atoms with Gasteiger partial charge in [0, 0.05) is 25.2 Å². The van der Waals surface area contributed by atoms with Crippen molar-refractivity contribution in [3.05, 3.63) is 29.8 Å². The predicted molar refractivity (Wildman–Crippen MR) is 65.6 cm³/mol. The SMILES string of the molecule is COc1ccccc1CN1CCOC(C(=O)O)C1. The number of methoxy groups -OCH3 is 1. The van der Waals surface area contributed by atoms with E-state index in [1.54, 1.807) is 7.11 Å². The minimum absolute atomic E-state index is 0.410. The Balaban J connectivity index is 2.02. The highest BCUT2D eigenvalue weighted by atomic mass is 16.5. The van der Waals surface area contributed by atoms with Crippen molar-refractivity contribution in [1.29, 1.82) is 0 Å². The molecule has 98 valence electrons. The van der Waals surface area contributed by atoms with Crippen LogP contribution in [0.25, 0.3) is 0 Å². The van der Waals surface area contributed by atoms with E-state index < -0.39 is 12.1 Å². The molecule has 18 heavy (non-hydrogen) atoms. The molecule has 0 aromatic heterocycles. The highest BCUT2D eigenvalue weighted by Crippen LogP contribution is 2.20. The van der Waals surface area contributed by atoms with Crippen molar-refractivity contribution in [3.63, 3.8) is 0 Å². The molecule has 1 aromatic carbocycles. The average molecular weight is 251 g/mol. The molecule has 1 N–H and O–H groups in total. The topological polar surface area (TPSA) is 59.0 Å². The van der Waals surface area contributed by atoms with Crippen LogP contribution in [0, 0.1) is 0 Å². The molecule has 2 rings (SSSR count). The van der Waals surface area contributed by atoms with Crippen molar-refractivity contribution >= 4 is 5.97 Å². The molecule has 0 spiro atoms. The smallest absolute Gasteiger partial charge is 0.334 e. The molecule has 5 heteroatoms. The fraction of sp³-hybridized carbons (Fsp3) is 0.462. The molecule has 0 radical (unpaired) electrons. The van der Waals surface area contributed by atoms with Crippen LogP contribution in [0.3, 0.4) is 0 Å². The molecule has 0 bridgehead atoms. The standard InChI is InChI=1S/C13H17NO4/c1-17-11-5-3-2-4-10(11)8-14-6-7-18-12(9-14)13(15)16/h2-5,12H,6-9H2,1H3,(H,15,16). The Hall–Kier alpha value is -1.59. The fourth-order valence-corrected chi connectivity index (χ4v) is 2.07. The summed E-state index contributed by atoms with van der Waals surface area (Å²) in [4.78, 5) is 13.0. The van der Waals surface area contributed by atoms with Crippen LogP contribution in [0.4, 0.5) is 0 Å². The Labute approximate surface area is 106 Å². The number of rotatable bonds is 4. The molecule has 1 fully saturated rings. The monoisotopic (exact) mass is 251 g/mol. The Bertz CT molecular complexity index is 421. The number of hydrogen-bond acceptors (Lipinski definition) is 4. The van der Waals surface area contributed by atoms with Gasteiger partial charge in [-0.05, 0) is 6.07 Å². The number of morpholine rings is 1. The van der Waals surface area contributed by atoms with E-state index in [0.29, 0.717) is 19.7 Å². The van der Waals surface area contributed by atoms with Gasteiger partial charge in [0.1, 0.15) is 5.75 Å². The number of benzene rings is 1. The van der Waals surface area contributed by atoms with Gasteiger partial charge in [-0.15, -0.1) is 0 Å². The molecule has 0 aliphatic carbocycles. The number of para-hydroxylation sites is 1. The second-order valence-electron chi connectivity index (χ2n) is 4.24. The Kier molecular flexibility index (Phi) is 4.17. The van der Waals surface area contributed by atoms with Gasteiger partial charge in [0.15, 0.2) is 6.10 Å². The van der Waals surface area contributed by atoms with E-state index in [-0.39, 0.29) is 0 Å². The summed E-state index contributed by atoms with van der Waals surface area (Å²) in [6.07, 6.45) is -0.728. The average Bonchev–Trinajstić information content (AvgIpc) is 2.39. The number of aliphatic carboxylic acids is 1. The number of ether oxygens (including phenoxy) is 2. The quantitative estimate of drug-likeness (QED) is 0.864. The van der Waals surface area contributed by atoms with Crippen LogP contribution in [0.2, 0.25) is 0 Å². The van der Waals surface area contributed by atoms with Crippen LogP contribution in [-0.4, -0.2) is 48.9 Å². The summed E-state index contributed by atoms with van der Waals surface area (Å²) in [5.74, 6) is -0.0735. The highest BCUT2D eigenvalue weighted by molar-refractivity contribution is 5.72. The van der Waals surface area contributed by atoms with Crippen LogP contribution < -0.4 is 4.74 Å². The molecular formula is C13H17NO4. The first-order chi connectivity index (χ1) is 8.70. The maximum atomic E-state index is 10.9. The lowest BCUT2D eigenvalue weighted by molar-refractivity contribution is -0.156. The Morgan fingerprint density at radius 1 is 1.56 bits per heavy atom. The molecule has 1 aliphatic rings. The van der Waals surface area contributed by atoms with Gasteiger partial charge in [-0.25, -0.2) is 4.79 Å². The summed E-state index contributed by atoms with van der Waals surface area (Å²) in [6.45, 7) is 2.28.